The van der Waals surface area contributed by atoms with E-state index in [2.05, 4.69) is 16.7 Å². The highest BCUT2D eigenvalue weighted by atomic mass is 32.2. The van der Waals surface area contributed by atoms with Crippen molar-refractivity contribution in [1.29, 1.82) is 0 Å². The monoisotopic (exact) mass is 340 g/mol. The summed E-state index contributed by atoms with van der Waals surface area (Å²) in [5.41, 5.74) is 1.71. The van der Waals surface area contributed by atoms with Crippen LogP contribution in [0.4, 0.5) is 0 Å². The Kier molecular flexibility index (Phi) is 6.06. The van der Waals surface area contributed by atoms with Crippen LogP contribution in [0, 0.1) is 19.8 Å². The number of likely N-dealkylation sites (tertiary alicyclic amines) is 1. The smallest absolute Gasteiger partial charge is 0.240 e. The Balaban J connectivity index is 2.07. The number of rotatable bonds is 6. The minimum absolute atomic E-state index is 0.323. The van der Waals surface area contributed by atoms with Crippen molar-refractivity contribution >= 4 is 10.0 Å². The molecule has 1 aliphatic heterocycles. The summed E-state index contributed by atoms with van der Waals surface area (Å²) in [5, 5.41) is 0. The lowest BCUT2D eigenvalue weighted by Gasteiger charge is -2.28. The molecule has 0 amide bonds. The maximum absolute atomic E-state index is 12.6. The normalized spacial score (nSPS) is 17.4. The number of ether oxygens (including phenoxy) is 1. The van der Waals surface area contributed by atoms with Crippen molar-refractivity contribution < 1.29 is 13.2 Å². The van der Waals surface area contributed by atoms with E-state index in [1.165, 1.54) is 0 Å². The summed E-state index contributed by atoms with van der Waals surface area (Å²) in [5.74, 6) is 1.20. The molecule has 0 bridgehead atoms. The van der Waals surface area contributed by atoms with Gasteiger partial charge in [0.05, 0.1) is 11.5 Å². The number of sulfonamides is 1. The fourth-order valence-electron chi connectivity index (χ4n) is 3.01. The molecule has 0 radical (unpaired) electrons. The van der Waals surface area contributed by atoms with Gasteiger partial charge in [0.25, 0.3) is 0 Å². The van der Waals surface area contributed by atoms with Crippen LogP contribution in [0.1, 0.15) is 30.9 Å². The van der Waals surface area contributed by atoms with Crippen molar-refractivity contribution in [2.24, 2.45) is 5.92 Å². The van der Waals surface area contributed by atoms with Gasteiger partial charge in [0.1, 0.15) is 5.75 Å². The number of hydrogen-bond donors (Lipinski definition) is 1. The predicted molar refractivity (Wildman–Crippen MR) is 92.5 cm³/mol. The molecule has 1 fully saturated rings. The molecular formula is C17H28N2O3S. The average molecular weight is 340 g/mol. The van der Waals surface area contributed by atoms with Gasteiger partial charge in [-0.2, -0.15) is 0 Å². The summed E-state index contributed by atoms with van der Waals surface area (Å²) in [4.78, 5) is 2.60. The van der Waals surface area contributed by atoms with Gasteiger partial charge in [-0.1, -0.05) is 0 Å². The van der Waals surface area contributed by atoms with E-state index < -0.39 is 10.0 Å². The highest BCUT2D eigenvalue weighted by molar-refractivity contribution is 7.89. The molecule has 1 aliphatic rings. The highest BCUT2D eigenvalue weighted by Crippen LogP contribution is 2.27. The Bertz CT molecular complexity index is 612. The van der Waals surface area contributed by atoms with Crippen LogP contribution in [0.2, 0.25) is 0 Å². The number of nitrogens with one attached hydrogen (secondary N) is 1. The quantitative estimate of drug-likeness (QED) is 0.863. The number of nitrogens with zero attached hydrogens (tertiary/aromatic N) is 1. The van der Waals surface area contributed by atoms with Crippen molar-refractivity contribution in [1.82, 2.24) is 9.62 Å². The molecule has 0 spiro atoms. The summed E-state index contributed by atoms with van der Waals surface area (Å²) in [7, 11) is -1.37. The van der Waals surface area contributed by atoms with Crippen molar-refractivity contribution in [3.63, 3.8) is 0 Å². The Labute approximate surface area is 140 Å². The molecule has 0 aliphatic carbocycles. The molecule has 6 heteroatoms. The topological polar surface area (TPSA) is 58.6 Å². The number of benzene rings is 1. The minimum atomic E-state index is -3.47. The van der Waals surface area contributed by atoms with Crippen LogP contribution in [0.25, 0.3) is 0 Å². The lowest BCUT2D eigenvalue weighted by Crippen LogP contribution is -2.36. The molecule has 0 unspecified atom stereocenters. The fraction of sp³-hybridized carbons (Fsp3) is 0.647. The second-order valence-corrected chi connectivity index (χ2v) is 8.18. The second kappa shape index (κ2) is 7.64. The Hall–Kier alpha value is -1.11. The third-order valence-corrected chi connectivity index (χ3v) is 5.84. The van der Waals surface area contributed by atoms with Crippen molar-refractivity contribution in [3.05, 3.63) is 23.3 Å². The third kappa shape index (κ3) is 4.68. The largest absolute Gasteiger partial charge is 0.493 e. The molecule has 1 aromatic carbocycles. The first-order valence-electron chi connectivity index (χ1n) is 8.25. The highest BCUT2D eigenvalue weighted by Gasteiger charge is 2.21. The lowest BCUT2D eigenvalue weighted by molar-refractivity contribution is 0.220. The predicted octanol–water partition coefficient (Wildman–Crippen LogP) is 2.32. The average Bonchev–Trinajstić information content (AvgIpc) is 2.50. The van der Waals surface area contributed by atoms with E-state index in [0.717, 1.165) is 42.8 Å². The lowest BCUT2D eigenvalue weighted by atomic mass is 9.98. The molecule has 1 heterocycles. The zero-order valence-corrected chi connectivity index (χ0v) is 15.4. The SMILES string of the molecule is CCOc1c(C)cc(S(=O)(=O)NCC2CCN(C)CC2)cc1C. The summed E-state index contributed by atoms with van der Waals surface area (Å²) in [6.45, 7) is 8.85. The van der Waals surface area contributed by atoms with Crippen LogP contribution in [0.3, 0.4) is 0 Å². The van der Waals surface area contributed by atoms with Crippen molar-refractivity contribution in [2.45, 2.75) is 38.5 Å². The molecule has 0 atom stereocenters. The van der Waals surface area contributed by atoms with Crippen molar-refractivity contribution in [3.8, 4) is 5.75 Å². The van der Waals surface area contributed by atoms with E-state index in [-0.39, 0.29) is 0 Å². The van der Waals surface area contributed by atoms with E-state index >= 15 is 0 Å². The molecule has 5 nitrogen and oxygen atoms in total. The molecule has 23 heavy (non-hydrogen) atoms. The number of aryl methyl sites for hydroxylation is 2. The van der Waals surface area contributed by atoms with Gasteiger partial charge in [-0.05, 0) is 82.9 Å². The first-order chi connectivity index (χ1) is 10.8. The zero-order valence-electron chi connectivity index (χ0n) is 14.6. The van der Waals surface area contributed by atoms with Crippen LogP contribution in [-0.2, 0) is 10.0 Å². The maximum Gasteiger partial charge on any atom is 0.240 e. The van der Waals surface area contributed by atoms with Gasteiger partial charge in [-0.15, -0.1) is 0 Å². The first-order valence-corrected chi connectivity index (χ1v) is 9.74. The van der Waals surface area contributed by atoms with Gasteiger partial charge < -0.3 is 9.64 Å². The molecule has 1 saturated heterocycles. The zero-order chi connectivity index (χ0) is 17.0. The van der Waals surface area contributed by atoms with Gasteiger partial charge in [-0.3, -0.25) is 0 Å². The van der Waals surface area contributed by atoms with Crippen molar-refractivity contribution in [2.75, 3.05) is 33.3 Å². The van der Waals surface area contributed by atoms with Gasteiger partial charge in [0.2, 0.25) is 10.0 Å². The van der Waals surface area contributed by atoms with Gasteiger partial charge >= 0.3 is 0 Å². The number of piperidine rings is 1. The molecular weight excluding hydrogens is 312 g/mol. The van der Waals surface area contributed by atoms with Gasteiger partial charge in [0.15, 0.2) is 0 Å². The number of hydrogen-bond acceptors (Lipinski definition) is 4. The summed E-state index contributed by atoms with van der Waals surface area (Å²) < 4.78 is 33.5. The standard InChI is InChI=1S/C17H28N2O3S/c1-5-22-17-13(2)10-16(11-14(17)3)23(20,21)18-12-15-6-8-19(4)9-7-15/h10-11,15,18H,5-9,12H2,1-4H3. The molecule has 2 rings (SSSR count). The molecule has 1 aromatic rings. The van der Waals surface area contributed by atoms with Gasteiger partial charge in [-0.25, -0.2) is 13.1 Å². The summed E-state index contributed by atoms with van der Waals surface area (Å²) in [6, 6.07) is 3.38. The van der Waals surface area contributed by atoms with Gasteiger partial charge in [0, 0.05) is 6.54 Å². The van der Waals surface area contributed by atoms with E-state index in [9.17, 15) is 8.42 Å². The molecule has 0 saturated carbocycles. The second-order valence-electron chi connectivity index (χ2n) is 6.42. The molecule has 130 valence electrons. The summed E-state index contributed by atoms with van der Waals surface area (Å²) >= 11 is 0. The van der Waals surface area contributed by atoms with Crippen LogP contribution in [0.15, 0.2) is 17.0 Å². The first kappa shape index (κ1) is 18.2. The van der Waals surface area contributed by atoms with Crippen LogP contribution < -0.4 is 9.46 Å². The van der Waals surface area contributed by atoms with E-state index in [0.29, 0.717) is 24.0 Å². The third-order valence-electron chi connectivity index (χ3n) is 4.43. The van der Waals surface area contributed by atoms with Crippen LogP contribution in [-0.4, -0.2) is 46.6 Å². The fourth-order valence-corrected chi connectivity index (χ4v) is 4.30. The Morgan fingerprint density at radius 1 is 1.22 bits per heavy atom. The Morgan fingerprint density at radius 3 is 2.30 bits per heavy atom. The van der Waals surface area contributed by atoms with Crippen LogP contribution in [0.5, 0.6) is 5.75 Å². The molecule has 1 N–H and O–H groups in total. The van der Waals surface area contributed by atoms with E-state index in [1.807, 2.05) is 20.8 Å². The Morgan fingerprint density at radius 2 is 1.78 bits per heavy atom. The van der Waals surface area contributed by atoms with E-state index in [1.54, 1.807) is 12.1 Å². The van der Waals surface area contributed by atoms with E-state index in [4.69, 9.17) is 4.74 Å². The van der Waals surface area contributed by atoms with Crippen LogP contribution >= 0.6 is 0 Å². The minimum Gasteiger partial charge on any atom is -0.493 e. The summed E-state index contributed by atoms with van der Waals surface area (Å²) in [6.07, 6.45) is 2.08. The molecule has 0 aromatic heterocycles. The maximum atomic E-state index is 12.6.